The summed E-state index contributed by atoms with van der Waals surface area (Å²) in [6, 6.07) is 7.40. The van der Waals surface area contributed by atoms with Gasteiger partial charge in [0.25, 0.3) is 0 Å². The fraction of sp³-hybridized carbons (Fsp3) is 0.188. The number of halogens is 2. The molecule has 26 heavy (non-hydrogen) atoms. The largest absolute Gasteiger partial charge is 0.258 e. The second kappa shape index (κ2) is 7.26. The molecule has 0 aliphatic carbocycles. The molecule has 0 atom stereocenters. The van der Waals surface area contributed by atoms with Crippen LogP contribution >= 0.6 is 22.9 Å². The zero-order chi connectivity index (χ0) is 18.9. The van der Waals surface area contributed by atoms with E-state index in [0.717, 1.165) is 11.3 Å². The topological polar surface area (TPSA) is 84.8 Å². The highest BCUT2D eigenvalue weighted by molar-refractivity contribution is 7.93. The Labute approximate surface area is 159 Å². The van der Waals surface area contributed by atoms with Gasteiger partial charge in [0.05, 0.1) is 21.5 Å². The molecular formula is C16H14ClFN4O2S2. The van der Waals surface area contributed by atoms with Crippen molar-refractivity contribution in [3.8, 4) is 21.8 Å². The summed E-state index contributed by atoms with van der Waals surface area (Å²) in [5, 5.41) is -0.356. The van der Waals surface area contributed by atoms with Crippen LogP contribution in [-0.2, 0) is 10.0 Å². The number of hydrogen-bond donors (Lipinski definition) is 1. The number of thiazole rings is 1. The molecule has 0 aliphatic heterocycles. The first-order valence-corrected chi connectivity index (χ1v) is 10.3. The smallest absolute Gasteiger partial charge is 0.236 e. The van der Waals surface area contributed by atoms with Gasteiger partial charge in [-0.2, -0.15) is 0 Å². The Kier molecular flexibility index (Phi) is 5.22. The fourth-order valence-electron chi connectivity index (χ4n) is 2.04. The van der Waals surface area contributed by atoms with Crippen molar-refractivity contribution in [1.29, 1.82) is 0 Å². The van der Waals surface area contributed by atoms with E-state index in [4.69, 9.17) is 11.6 Å². The highest BCUT2D eigenvalue weighted by Gasteiger charge is 2.22. The molecule has 0 saturated heterocycles. The van der Waals surface area contributed by atoms with E-state index < -0.39 is 15.3 Å². The van der Waals surface area contributed by atoms with Crippen molar-refractivity contribution in [2.24, 2.45) is 0 Å². The zero-order valence-corrected chi connectivity index (χ0v) is 16.2. The van der Waals surface area contributed by atoms with Crippen LogP contribution in [0.25, 0.3) is 21.8 Å². The van der Waals surface area contributed by atoms with Crippen LogP contribution in [0.4, 0.5) is 9.52 Å². The molecule has 0 amide bonds. The molecule has 3 rings (SSSR count). The predicted octanol–water partition coefficient (Wildman–Crippen LogP) is 4.21. The molecule has 2 aromatic heterocycles. The highest BCUT2D eigenvalue weighted by atomic mass is 35.5. The van der Waals surface area contributed by atoms with Gasteiger partial charge < -0.3 is 0 Å². The van der Waals surface area contributed by atoms with Crippen LogP contribution in [0, 0.1) is 5.82 Å². The van der Waals surface area contributed by atoms with Crippen molar-refractivity contribution in [3.05, 3.63) is 47.6 Å². The van der Waals surface area contributed by atoms with Crippen LogP contribution in [0.1, 0.15) is 13.8 Å². The van der Waals surface area contributed by atoms with Crippen molar-refractivity contribution in [1.82, 2.24) is 15.0 Å². The molecule has 0 saturated carbocycles. The zero-order valence-electron chi connectivity index (χ0n) is 13.8. The number of hydrogen-bond acceptors (Lipinski definition) is 6. The molecule has 2 heterocycles. The van der Waals surface area contributed by atoms with Crippen LogP contribution in [0.3, 0.4) is 0 Å². The Morgan fingerprint density at radius 1 is 1.15 bits per heavy atom. The first-order chi connectivity index (χ1) is 12.3. The van der Waals surface area contributed by atoms with Gasteiger partial charge in [-0.3, -0.25) is 4.72 Å². The molecule has 0 aliphatic rings. The van der Waals surface area contributed by atoms with E-state index in [1.807, 2.05) is 0 Å². The molecule has 6 nitrogen and oxygen atoms in total. The van der Waals surface area contributed by atoms with Crippen LogP contribution in [0.5, 0.6) is 0 Å². The summed E-state index contributed by atoms with van der Waals surface area (Å²) in [5.41, 5.74) is 1.60. The van der Waals surface area contributed by atoms with Gasteiger partial charge in [0.15, 0.2) is 5.13 Å². The third kappa shape index (κ3) is 4.00. The summed E-state index contributed by atoms with van der Waals surface area (Å²) in [6.07, 6.45) is 1.50. The molecule has 136 valence electrons. The summed E-state index contributed by atoms with van der Waals surface area (Å²) in [5.74, 6) is -0.378. The average Bonchev–Trinajstić information content (AvgIpc) is 2.98. The molecule has 0 fully saturated rings. The quantitative estimate of drug-likeness (QED) is 0.634. The maximum absolute atomic E-state index is 13.2. The van der Waals surface area contributed by atoms with Crippen LogP contribution in [0.2, 0.25) is 5.28 Å². The average molecular weight is 413 g/mol. The highest BCUT2D eigenvalue weighted by Crippen LogP contribution is 2.38. The van der Waals surface area contributed by atoms with E-state index in [-0.39, 0.29) is 16.2 Å². The van der Waals surface area contributed by atoms with Gasteiger partial charge in [0.2, 0.25) is 15.3 Å². The number of nitrogens with zero attached hydrogens (tertiary/aromatic N) is 3. The van der Waals surface area contributed by atoms with Gasteiger partial charge in [-0.1, -0.05) is 11.3 Å². The first-order valence-electron chi connectivity index (χ1n) is 7.53. The minimum Gasteiger partial charge on any atom is -0.258 e. The summed E-state index contributed by atoms with van der Waals surface area (Å²) >= 11 is 6.99. The monoisotopic (exact) mass is 412 g/mol. The van der Waals surface area contributed by atoms with Gasteiger partial charge >= 0.3 is 0 Å². The molecule has 0 spiro atoms. The third-order valence-corrected chi connectivity index (χ3v) is 6.48. The summed E-state index contributed by atoms with van der Waals surface area (Å²) < 4.78 is 40.0. The number of sulfonamides is 1. The van der Waals surface area contributed by atoms with Crippen molar-refractivity contribution in [3.63, 3.8) is 0 Å². The van der Waals surface area contributed by atoms with E-state index in [1.54, 1.807) is 32.0 Å². The molecule has 1 N–H and O–H groups in total. The maximum Gasteiger partial charge on any atom is 0.236 e. The number of nitrogens with one attached hydrogen (secondary N) is 1. The summed E-state index contributed by atoms with van der Waals surface area (Å²) in [7, 11) is -3.55. The van der Waals surface area contributed by atoms with Crippen LogP contribution < -0.4 is 4.72 Å². The van der Waals surface area contributed by atoms with Crippen LogP contribution in [0.15, 0.2) is 36.5 Å². The molecule has 0 unspecified atom stereocenters. The van der Waals surface area contributed by atoms with Gasteiger partial charge in [-0.05, 0) is 55.8 Å². The van der Waals surface area contributed by atoms with E-state index >= 15 is 0 Å². The lowest BCUT2D eigenvalue weighted by Crippen LogP contribution is -2.22. The van der Waals surface area contributed by atoms with E-state index in [9.17, 15) is 12.8 Å². The van der Waals surface area contributed by atoms with Crippen molar-refractivity contribution in [2.45, 2.75) is 19.1 Å². The van der Waals surface area contributed by atoms with Gasteiger partial charge in [0, 0.05) is 11.8 Å². The number of anilines is 1. The normalized spacial score (nSPS) is 11.7. The Hall–Kier alpha value is -2.10. The Bertz CT molecular complexity index is 1040. The first kappa shape index (κ1) is 18.7. The number of rotatable bonds is 5. The molecule has 1 aromatic carbocycles. The van der Waals surface area contributed by atoms with Gasteiger partial charge in [-0.15, -0.1) is 0 Å². The van der Waals surface area contributed by atoms with Crippen LogP contribution in [-0.4, -0.2) is 28.6 Å². The SMILES string of the molecule is CC(C)S(=O)(=O)Nc1nc(-c2ccc(F)cc2)c(-c2ccnc(Cl)n2)s1. The Morgan fingerprint density at radius 3 is 2.46 bits per heavy atom. The van der Waals surface area contributed by atoms with E-state index in [0.29, 0.717) is 21.8 Å². The van der Waals surface area contributed by atoms with Crippen molar-refractivity contribution >= 4 is 38.1 Å². The van der Waals surface area contributed by atoms with Crippen molar-refractivity contribution in [2.75, 3.05) is 4.72 Å². The van der Waals surface area contributed by atoms with Crippen molar-refractivity contribution < 1.29 is 12.8 Å². The third-order valence-electron chi connectivity index (χ3n) is 3.45. The molecule has 0 bridgehead atoms. The molecule has 3 aromatic rings. The summed E-state index contributed by atoms with van der Waals surface area (Å²) in [4.78, 5) is 13.0. The molecular weight excluding hydrogens is 399 g/mol. The molecule has 0 radical (unpaired) electrons. The number of benzene rings is 1. The van der Waals surface area contributed by atoms with E-state index in [2.05, 4.69) is 19.7 Å². The minimum absolute atomic E-state index is 0.0604. The van der Waals surface area contributed by atoms with Gasteiger partial charge in [0.1, 0.15) is 5.82 Å². The molecule has 10 heteroatoms. The fourth-order valence-corrected chi connectivity index (χ4v) is 4.04. The predicted molar refractivity (Wildman–Crippen MR) is 101 cm³/mol. The standard InChI is InChI=1S/C16H14ClFN4O2S2/c1-9(2)26(23,24)22-16-21-13(10-3-5-11(18)6-4-10)14(25-16)12-7-8-19-15(17)20-12/h3-9H,1-2H3,(H,21,22). The summed E-state index contributed by atoms with van der Waals surface area (Å²) in [6.45, 7) is 3.14. The Balaban J connectivity index is 2.13. The lowest BCUT2D eigenvalue weighted by atomic mass is 10.1. The minimum atomic E-state index is -3.55. The Morgan fingerprint density at radius 2 is 1.85 bits per heavy atom. The lowest BCUT2D eigenvalue weighted by Gasteiger charge is -2.07. The van der Waals surface area contributed by atoms with Gasteiger partial charge in [-0.25, -0.2) is 27.8 Å². The second-order valence-electron chi connectivity index (χ2n) is 5.61. The van der Waals surface area contributed by atoms with E-state index in [1.165, 1.54) is 18.3 Å². The lowest BCUT2D eigenvalue weighted by molar-refractivity contribution is 0.592. The number of aromatic nitrogens is 3. The second-order valence-corrected chi connectivity index (χ2v) is 9.18. The maximum atomic E-state index is 13.2.